The van der Waals surface area contributed by atoms with Crippen molar-refractivity contribution in [2.75, 3.05) is 26.4 Å². The monoisotopic (exact) mass is 328 g/mol. The van der Waals surface area contributed by atoms with Crippen molar-refractivity contribution >= 4 is 5.97 Å². The molecule has 126 valence electrons. The first kappa shape index (κ1) is 16.2. The van der Waals surface area contributed by atoms with Crippen LogP contribution in [0.5, 0.6) is 17.2 Å². The lowest BCUT2D eigenvalue weighted by Crippen LogP contribution is -2.16. The lowest BCUT2D eigenvalue weighted by Gasteiger charge is -2.18. The maximum absolute atomic E-state index is 11.9. The van der Waals surface area contributed by atoms with Gasteiger partial charge >= 0.3 is 5.97 Å². The topological polar surface area (TPSA) is 54.0 Å². The zero-order chi connectivity index (χ0) is 16.8. The second kappa shape index (κ2) is 7.73. The van der Waals surface area contributed by atoms with Crippen LogP contribution in [0.2, 0.25) is 0 Å². The summed E-state index contributed by atoms with van der Waals surface area (Å²) < 4.78 is 21.7. The summed E-state index contributed by atoms with van der Waals surface area (Å²) in [5.74, 6) is 1.87. The van der Waals surface area contributed by atoms with Gasteiger partial charge in [-0.1, -0.05) is 18.2 Å². The van der Waals surface area contributed by atoms with Gasteiger partial charge in [0.05, 0.1) is 6.42 Å². The summed E-state index contributed by atoms with van der Waals surface area (Å²) >= 11 is 0. The highest BCUT2D eigenvalue weighted by molar-refractivity contribution is 5.73. The average molecular weight is 328 g/mol. The number of esters is 1. The van der Waals surface area contributed by atoms with Crippen LogP contribution in [0.25, 0.3) is 0 Å². The molecule has 3 rings (SSSR count). The van der Waals surface area contributed by atoms with Crippen LogP contribution in [0.15, 0.2) is 42.5 Å². The van der Waals surface area contributed by atoms with E-state index in [-0.39, 0.29) is 19.0 Å². The quantitative estimate of drug-likeness (QED) is 0.603. The summed E-state index contributed by atoms with van der Waals surface area (Å²) in [5, 5.41) is 0. The van der Waals surface area contributed by atoms with Crippen LogP contribution in [0, 0.1) is 6.92 Å². The van der Waals surface area contributed by atoms with E-state index in [0.29, 0.717) is 31.3 Å². The molecule has 0 atom stereocenters. The maximum atomic E-state index is 11.9. The minimum absolute atomic E-state index is 0.196. The predicted molar refractivity (Wildman–Crippen MR) is 88.8 cm³/mol. The minimum atomic E-state index is -0.292. The highest BCUT2D eigenvalue weighted by atomic mass is 16.6. The van der Waals surface area contributed by atoms with Crippen LogP contribution in [-0.2, 0) is 16.0 Å². The summed E-state index contributed by atoms with van der Waals surface area (Å²) in [6.45, 7) is 3.63. The number of benzene rings is 2. The van der Waals surface area contributed by atoms with E-state index in [9.17, 15) is 4.79 Å². The van der Waals surface area contributed by atoms with Crippen LogP contribution < -0.4 is 14.2 Å². The van der Waals surface area contributed by atoms with E-state index in [1.165, 1.54) is 0 Å². The highest BCUT2D eigenvalue weighted by Gasteiger charge is 2.13. The number of ether oxygens (including phenoxy) is 4. The number of aryl methyl sites for hydroxylation is 1. The van der Waals surface area contributed by atoms with Gasteiger partial charge in [-0.3, -0.25) is 4.79 Å². The van der Waals surface area contributed by atoms with Gasteiger partial charge < -0.3 is 18.9 Å². The lowest BCUT2D eigenvalue weighted by atomic mass is 10.1. The van der Waals surface area contributed by atoms with Gasteiger partial charge in [0.2, 0.25) is 0 Å². The lowest BCUT2D eigenvalue weighted by molar-refractivity contribution is -0.143. The number of carbonyl (C=O) groups is 1. The standard InChI is InChI=1S/C19H20O5/c1-14-3-2-4-16(11-14)21-7-10-24-19(20)13-15-5-6-17-18(12-15)23-9-8-22-17/h2-6,11-12H,7-10,13H2,1H3. The molecule has 0 saturated heterocycles. The van der Waals surface area contributed by atoms with Gasteiger partial charge in [0.1, 0.15) is 32.2 Å². The molecule has 0 bridgehead atoms. The first-order valence-electron chi connectivity index (χ1n) is 7.94. The first-order chi connectivity index (χ1) is 11.7. The Morgan fingerprint density at radius 1 is 1.04 bits per heavy atom. The van der Waals surface area contributed by atoms with E-state index in [0.717, 1.165) is 16.9 Å². The number of hydrogen-bond acceptors (Lipinski definition) is 5. The Morgan fingerprint density at radius 2 is 1.88 bits per heavy atom. The third kappa shape index (κ3) is 4.41. The van der Waals surface area contributed by atoms with Crippen LogP contribution in [0.4, 0.5) is 0 Å². The van der Waals surface area contributed by atoms with Crippen molar-refractivity contribution in [2.24, 2.45) is 0 Å². The molecule has 0 amide bonds. The van der Waals surface area contributed by atoms with Gasteiger partial charge in [0.15, 0.2) is 11.5 Å². The Kier molecular flexibility index (Phi) is 5.21. The molecule has 1 aliphatic rings. The molecule has 0 fully saturated rings. The van der Waals surface area contributed by atoms with Crippen molar-refractivity contribution in [2.45, 2.75) is 13.3 Å². The minimum Gasteiger partial charge on any atom is -0.490 e. The van der Waals surface area contributed by atoms with Gasteiger partial charge in [-0.2, -0.15) is 0 Å². The molecular weight excluding hydrogens is 308 g/mol. The van der Waals surface area contributed by atoms with Gasteiger partial charge in [-0.05, 0) is 42.3 Å². The van der Waals surface area contributed by atoms with Crippen molar-refractivity contribution in [1.82, 2.24) is 0 Å². The molecule has 1 aliphatic heterocycles. The van der Waals surface area contributed by atoms with E-state index in [1.54, 1.807) is 0 Å². The fourth-order valence-corrected chi connectivity index (χ4v) is 2.44. The van der Waals surface area contributed by atoms with Crippen molar-refractivity contribution in [1.29, 1.82) is 0 Å². The molecule has 0 radical (unpaired) electrons. The number of hydrogen-bond donors (Lipinski definition) is 0. The SMILES string of the molecule is Cc1cccc(OCCOC(=O)Cc2ccc3c(c2)OCCO3)c1. The molecule has 5 nitrogen and oxygen atoms in total. The van der Waals surface area contributed by atoms with Crippen molar-refractivity contribution in [3.8, 4) is 17.2 Å². The zero-order valence-electron chi connectivity index (χ0n) is 13.6. The molecule has 0 unspecified atom stereocenters. The number of rotatable bonds is 6. The largest absolute Gasteiger partial charge is 0.490 e. The maximum Gasteiger partial charge on any atom is 0.310 e. The summed E-state index contributed by atoms with van der Waals surface area (Å²) in [6.07, 6.45) is 0.196. The number of fused-ring (bicyclic) bond motifs is 1. The second-order valence-corrected chi connectivity index (χ2v) is 5.54. The fourth-order valence-electron chi connectivity index (χ4n) is 2.44. The first-order valence-corrected chi connectivity index (χ1v) is 7.94. The molecule has 1 heterocycles. The van der Waals surface area contributed by atoms with Crippen LogP contribution in [0.1, 0.15) is 11.1 Å². The Labute approximate surface area is 141 Å². The summed E-state index contributed by atoms with van der Waals surface area (Å²) in [7, 11) is 0. The van der Waals surface area contributed by atoms with Crippen molar-refractivity contribution in [3.63, 3.8) is 0 Å². The second-order valence-electron chi connectivity index (χ2n) is 5.54. The zero-order valence-corrected chi connectivity index (χ0v) is 13.6. The summed E-state index contributed by atoms with van der Waals surface area (Å²) in [6, 6.07) is 13.2. The third-order valence-electron chi connectivity index (χ3n) is 3.56. The Morgan fingerprint density at radius 3 is 2.71 bits per heavy atom. The van der Waals surface area contributed by atoms with Gasteiger partial charge in [-0.25, -0.2) is 0 Å². The van der Waals surface area contributed by atoms with Gasteiger partial charge in [-0.15, -0.1) is 0 Å². The molecule has 0 N–H and O–H groups in total. The molecule has 0 spiro atoms. The molecule has 0 saturated carbocycles. The third-order valence-corrected chi connectivity index (χ3v) is 3.56. The smallest absolute Gasteiger partial charge is 0.310 e. The van der Waals surface area contributed by atoms with E-state index in [4.69, 9.17) is 18.9 Å². The average Bonchev–Trinajstić information content (AvgIpc) is 2.59. The summed E-state index contributed by atoms with van der Waals surface area (Å²) in [4.78, 5) is 11.9. The van der Waals surface area contributed by atoms with E-state index in [2.05, 4.69) is 0 Å². The Hall–Kier alpha value is -2.69. The molecule has 0 aromatic heterocycles. The van der Waals surface area contributed by atoms with E-state index in [1.807, 2.05) is 49.4 Å². The Balaban J connectivity index is 1.42. The normalized spacial score (nSPS) is 12.5. The Bertz CT molecular complexity index is 711. The van der Waals surface area contributed by atoms with E-state index < -0.39 is 0 Å². The van der Waals surface area contributed by atoms with Gasteiger partial charge in [0, 0.05) is 0 Å². The van der Waals surface area contributed by atoms with Crippen LogP contribution in [-0.4, -0.2) is 32.4 Å². The fraction of sp³-hybridized carbons (Fsp3) is 0.316. The van der Waals surface area contributed by atoms with Crippen molar-refractivity contribution in [3.05, 3.63) is 53.6 Å². The summed E-state index contributed by atoms with van der Waals surface area (Å²) in [5.41, 5.74) is 1.96. The van der Waals surface area contributed by atoms with E-state index >= 15 is 0 Å². The van der Waals surface area contributed by atoms with Crippen LogP contribution >= 0.6 is 0 Å². The molecule has 5 heteroatoms. The predicted octanol–water partition coefficient (Wildman–Crippen LogP) is 2.93. The molecule has 24 heavy (non-hydrogen) atoms. The highest BCUT2D eigenvalue weighted by Crippen LogP contribution is 2.30. The van der Waals surface area contributed by atoms with Gasteiger partial charge in [0.25, 0.3) is 0 Å². The molecule has 0 aliphatic carbocycles. The number of carbonyl (C=O) groups excluding carboxylic acids is 1. The van der Waals surface area contributed by atoms with Crippen LogP contribution in [0.3, 0.4) is 0 Å². The molecular formula is C19H20O5. The molecule has 2 aromatic carbocycles. The van der Waals surface area contributed by atoms with Crippen molar-refractivity contribution < 1.29 is 23.7 Å². The molecule has 2 aromatic rings.